The molecular formula is C22H20N2O2. The minimum atomic E-state index is -0.114. The van der Waals surface area contributed by atoms with Crippen LogP contribution >= 0.6 is 0 Å². The molecule has 0 atom stereocenters. The highest BCUT2D eigenvalue weighted by Gasteiger charge is 2.21. The molecule has 1 fully saturated rings. The van der Waals surface area contributed by atoms with E-state index in [2.05, 4.69) is 23.5 Å². The molecular weight excluding hydrogens is 324 g/mol. The van der Waals surface area contributed by atoms with Crippen molar-refractivity contribution in [1.82, 2.24) is 5.32 Å². The molecule has 0 aromatic heterocycles. The number of amides is 2. The molecule has 4 nitrogen and oxygen atoms in total. The van der Waals surface area contributed by atoms with Gasteiger partial charge in [-0.05, 0) is 47.0 Å². The molecule has 2 amide bonds. The molecule has 130 valence electrons. The molecule has 0 spiro atoms. The number of nitrogens with zero attached hydrogens (tertiary/aromatic N) is 1. The van der Waals surface area contributed by atoms with Crippen molar-refractivity contribution < 1.29 is 9.59 Å². The van der Waals surface area contributed by atoms with Crippen molar-refractivity contribution in [2.24, 2.45) is 0 Å². The SMILES string of the molecule is O=C(NCc1cccc2ccccc12)c1ccc(N2CCCC2=O)cc1. The van der Waals surface area contributed by atoms with E-state index in [0.717, 1.165) is 29.6 Å². The number of benzene rings is 3. The molecule has 0 unspecified atom stereocenters. The summed E-state index contributed by atoms with van der Waals surface area (Å²) in [6.45, 7) is 1.23. The number of hydrogen-bond donors (Lipinski definition) is 1. The maximum atomic E-state index is 12.5. The fourth-order valence-corrected chi connectivity index (χ4v) is 3.44. The Balaban J connectivity index is 1.45. The molecule has 26 heavy (non-hydrogen) atoms. The smallest absolute Gasteiger partial charge is 0.251 e. The normalized spacial score (nSPS) is 14.0. The van der Waals surface area contributed by atoms with Crippen molar-refractivity contribution in [3.8, 4) is 0 Å². The molecule has 3 aromatic rings. The average molecular weight is 344 g/mol. The first-order chi connectivity index (χ1) is 12.7. The van der Waals surface area contributed by atoms with Crippen LogP contribution in [0.15, 0.2) is 66.7 Å². The van der Waals surface area contributed by atoms with Crippen LogP contribution < -0.4 is 10.2 Å². The number of nitrogens with one attached hydrogen (secondary N) is 1. The van der Waals surface area contributed by atoms with Crippen LogP contribution in [0, 0.1) is 0 Å². The van der Waals surface area contributed by atoms with Gasteiger partial charge in [0.05, 0.1) is 0 Å². The highest BCUT2D eigenvalue weighted by atomic mass is 16.2. The summed E-state index contributed by atoms with van der Waals surface area (Å²) in [5, 5.41) is 5.30. The summed E-state index contributed by atoms with van der Waals surface area (Å²) in [4.78, 5) is 26.0. The Morgan fingerprint density at radius 3 is 2.50 bits per heavy atom. The van der Waals surface area contributed by atoms with E-state index in [1.54, 1.807) is 17.0 Å². The zero-order valence-corrected chi connectivity index (χ0v) is 14.4. The Hall–Kier alpha value is -3.14. The van der Waals surface area contributed by atoms with Gasteiger partial charge in [-0.2, -0.15) is 0 Å². The van der Waals surface area contributed by atoms with Gasteiger partial charge in [0.2, 0.25) is 5.91 Å². The van der Waals surface area contributed by atoms with Crippen LogP contribution in [0.2, 0.25) is 0 Å². The summed E-state index contributed by atoms with van der Waals surface area (Å²) >= 11 is 0. The molecule has 0 bridgehead atoms. The van der Waals surface area contributed by atoms with Gasteiger partial charge in [0.15, 0.2) is 0 Å². The lowest BCUT2D eigenvalue weighted by atomic mass is 10.0. The zero-order chi connectivity index (χ0) is 17.9. The van der Waals surface area contributed by atoms with Crippen molar-refractivity contribution in [2.75, 3.05) is 11.4 Å². The van der Waals surface area contributed by atoms with Gasteiger partial charge in [0.25, 0.3) is 5.91 Å². The Bertz CT molecular complexity index is 958. The number of carbonyl (C=O) groups is 2. The third-order valence-corrected chi connectivity index (χ3v) is 4.83. The van der Waals surface area contributed by atoms with Crippen LogP contribution in [0.3, 0.4) is 0 Å². The van der Waals surface area contributed by atoms with E-state index in [4.69, 9.17) is 0 Å². The van der Waals surface area contributed by atoms with Crippen LogP contribution in [0.1, 0.15) is 28.8 Å². The van der Waals surface area contributed by atoms with Gasteiger partial charge in [-0.1, -0.05) is 42.5 Å². The third kappa shape index (κ3) is 3.18. The molecule has 0 saturated carbocycles. The molecule has 0 radical (unpaired) electrons. The third-order valence-electron chi connectivity index (χ3n) is 4.83. The largest absolute Gasteiger partial charge is 0.348 e. The first-order valence-electron chi connectivity index (χ1n) is 8.88. The van der Waals surface area contributed by atoms with Crippen molar-refractivity contribution in [1.29, 1.82) is 0 Å². The maximum Gasteiger partial charge on any atom is 0.251 e. The number of carbonyl (C=O) groups excluding carboxylic acids is 2. The molecule has 0 aliphatic carbocycles. The fraction of sp³-hybridized carbons (Fsp3) is 0.182. The second kappa shape index (κ2) is 7.00. The Morgan fingerprint density at radius 2 is 1.73 bits per heavy atom. The quantitative estimate of drug-likeness (QED) is 0.780. The summed E-state index contributed by atoms with van der Waals surface area (Å²) in [6, 6.07) is 21.5. The second-order valence-corrected chi connectivity index (χ2v) is 6.52. The lowest BCUT2D eigenvalue weighted by Crippen LogP contribution is -2.25. The van der Waals surface area contributed by atoms with E-state index in [0.29, 0.717) is 18.5 Å². The van der Waals surface area contributed by atoms with Crippen molar-refractivity contribution in [3.05, 3.63) is 77.9 Å². The highest BCUT2D eigenvalue weighted by molar-refractivity contribution is 5.97. The Morgan fingerprint density at radius 1 is 0.962 bits per heavy atom. The van der Waals surface area contributed by atoms with Crippen molar-refractivity contribution in [3.63, 3.8) is 0 Å². The average Bonchev–Trinajstić information content (AvgIpc) is 3.12. The number of rotatable bonds is 4. The first kappa shape index (κ1) is 16.3. The summed E-state index contributed by atoms with van der Waals surface area (Å²) in [5.74, 6) is 0.0374. The zero-order valence-electron chi connectivity index (χ0n) is 14.4. The van der Waals surface area contributed by atoms with Crippen LogP contribution in [0.5, 0.6) is 0 Å². The van der Waals surface area contributed by atoms with Crippen LogP contribution in [-0.2, 0) is 11.3 Å². The summed E-state index contributed by atoms with van der Waals surface area (Å²) in [6.07, 6.45) is 1.50. The molecule has 1 aliphatic rings. The van der Waals surface area contributed by atoms with Gasteiger partial charge in [0, 0.05) is 30.8 Å². The first-order valence-corrected chi connectivity index (χ1v) is 8.88. The molecule has 1 heterocycles. The molecule has 4 heteroatoms. The van der Waals surface area contributed by atoms with Gasteiger partial charge < -0.3 is 10.2 Å². The number of anilines is 1. The molecule has 3 aromatic carbocycles. The van der Waals surface area contributed by atoms with Gasteiger partial charge in [0.1, 0.15) is 0 Å². The van der Waals surface area contributed by atoms with E-state index < -0.39 is 0 Å². The highest BCUT2D eigenvalue weighted by Crippen LogP contribution is 2.22. The van der Waals surface area contributed by atoms with Crippen molar-refractivity contribution >= 4 is 28.3 Å². The molecule has 1 saturated heterocycles. The van der Waals surface area contributed by atoms with E-state index in [-0.39, 0.29) is 11.8 Å². The molecule has 1 N–H and O–H groups in total. The van der Waals surface area contributed by atoms with E-state index in [9.17, 15) is 9.59 Å². The van der Waals surface area contributed by atoms with E-state index in [1.165, 1.54) is 5.39 Å². The summed E-state index contributed by atoms with van der Waals surface area (Å²) in [7, 11) is 0. The van der Waals surface area contributed by atoms with Crippen LogP contribution in [0.25, 0.3) is 10.8 Å². The standard InChI is InChI=1S/C22H20N2O2/c25-21-9-4-14-24(21)19-12-10-17(11-13-19)22(26)23-15-18-7-3-6-16-5-1-2-8-20(16)18/h1-3,5-8,10-13H,4,9,14-15H2,(H,23,26). The number of fused-ring (bicyclic) bond motifs is 1. The molecule has 4 rings (SSSR count). The Labute approximate surface area is 152 Å². The lowest BCUT2D eigenvalue weighted by molar-refractivity contribution is -0.117. The topological polar surface area (TPSA) is 49.4 Å². The van der Waals surface area contributed by atoms with Gasteiger partial charge in [-0.25, -0.2) is 0 Å². The minimum Gasteiger partial charge on any atom is -0.348 e. The van der Waals surface area contributed by atoms with Crippen LogP contribution in [-0.4, -0.2) is 18.4 Å². The minimum absolute atomic E-state index is 0.114. The van der Waals surface area contributed by atoms with Gasteiger partial charge >= 0.3 is 0 Å². The van der Waals surface area contributed by atoms with E-state index >= 15 is 0 Å². The van der Waals surface area contributed by atoms with Gasteiger partial charge in [-0.15, -0.1) is 0 Å². The summed E-state index contributed by atoms with van der Waals surface area (Å²) < 4.78 is 0. The molecule has 1 aliphatic heterocycles. The van der Waals surface area contributed by atoms with Gasteiger partial charge in [-0.3, -0.25) is 9.59 Å². The lowest BCUT2D eigenvalue weighted by Gasteiger charge is -2.16. The fourth-order valence-electron chi connectivity index (χ4n) is 3.44. The monoisotopic (exact) mass is 344 g/mol. The predicted molar refractivity (Wildman–Crippen MR) is 103 cm³/mol. The number of hydrogen-bond acceptors (Lipinski definition) is 2. The maximum absolute atomic E-state index is 12.5. The van der Waals surface area contributed by atoms with Crippen molar-refractivity contribution in [2.45, 2.75) is 19.4 Å². The Kier molecular flexibility index (Phi) is 4.40. The van der Waals surface area contributed by atoms with E-state index in [1.807, 2.05) is 36.4 Å². The van der Waals surface area contributed by atoms with Crippen LogP contribution in [0.4, 0.5) is 5.69 Å². The second-order valence-electron chi connectivity index (χ2n) is 6.52. The predicted octanol–water partition coefficient (Wildman–Crippen LogP) is 3.90. The summed E-state index contributed by atoms with van der Waals surface area (Å²) in [5.41, 5.74) is 2.55.